The van der Waals surface area contributed by atoms with Crippen LogP contribution >= 0.6 is 0 Å². The van der Waals surface area contributed by atoms with E-state index in [9.17, 15) is 9.59 Å². The van der Waals surface area contributed by atoms with E-state index in [1.807, 2.05) is 39.0 Å². The molecule has 0 spiro atoms. The molecule has 0 radical (unpaired) electrons. The Kier molecular flexibility index (Phi) is 3.27. The molecule has 2 heterocycles. The van der Waals surface area contributed by atoms with Crippen LogP contribution in [0, 0.1) is 11.3 Å². The number of benzene rings is 1. The summed E-state index contributed by atoms with van der Waals surface area (Å²) >= 11 is 0. The lowest BCUT2D eigenvalue weighted by atomic mass is 9.78. The van der Waals surface area contributed by atoms with Gasteiger partial charge in [-0.3, -0.25) is 9.59 Å². The van der Waals surface area contributed by atoms with Crippen LogP contribution in [0.1, 0.15) is 39.2 Å². The molecule has 2 aliphatic heterocycles. The Morgan fingerprint density at radius 1 is 1.29 bits per heavy atom. The van der Waals surface area contributed by atoms with Gasteiger partial charge in [-0.1, -0.05) is 19.9 Å². The van der Waals surface area contributed by atoms with Gasteiger partial charge in [-0.15, -0.1) is 0 Å². The molecule has 0 aliphatic carbocycles. The van der Waals surface area contributed by atoms with Gasteiger partial charge in [0.25, 0.3) is 0 Å². The van der Waals surface area contributed by atoms with Gasteiger partial charge in [0.05, 0.1) is 11.1 Å². The standard InChI is InChI=1S/C17H22N2O2/c1-11(2)17(3)10-15(20)19(16(17)21)13-7-6-12-5-4-8-18-14(12)9-13/h6-7,9,11,18H,4-5,8,10H2,1-3H3. The van der Waals surface area contributed by atoms with Crippen molar-refractivity contribution in [1.29, 1.82) is 0 Å². The van der Waals surface area contributed by atoms with Crippen LogP contribution in [0.15, 0.2) is 18.2 Å². The molecule has 1 aromatic carbocycles. The molecule has 4 heteroatoms. The topological polar surface area (TPSA) is 49.4 Å². The summed E-state index contributed by atoms with van der Waals surface area (Å²) in [7, 11) is 0. The number of carbonyl (C=O) groups is 2. The minimum Gasteiger partial charge on any atom is -0.385 e. The molecule has 1 unspecified atom stereocenters. The first kappa shape index (κ1) is 14.1. The average Bonchev–Trinajstić information content (AvgIpc) is 2.69. The minimum atomic E-state index is -0.583. The maximum Gasteiger partial charge on any atom is 0.240 e. The summed E-state index contributed by atoms with van der Waals surface area (Å²) in [5, 5.41) is 3.35. The van der Waals surface area contributed by atoms with Gasteiger partial charge in [0, 0.05) is 18.7 Å². The molecule has 1 aromatic rings. The average molecular weight is 286 g/mol. The van der Waals surface area contributed by atoms with Crippen molar-refractivity contribution in [2.45, 2.75) is 40.0 Å². The predicted octanol–water partition coefficient (Wildman–Crippen LogP) is 2.97. The van der Waals surface area contributed by atoms with Gasteiger partial charge in [-0.25, -0.2) is 4.90 Å². The first-order valence-electron chi connectivity index (χ1n) is 7.67. The van der Waals surface area contributed by atoms with E-state index in [-0.39, 0.29) is 17.7 Å². The molecule has 1 saturated heterocycles. The van der Waals surface area contributed by atoms with Crippen molar-refractivity contribution in [2.24, 2.45) is 11.3 Å². The van der Waals surface area contributed by atoms with E-state index in [1.165, 1.54) is 10.5 Å². The van der Waals surface area contributed by atoms with Crippen molar-refractivity contribution in [3.05, 3.63) is 23.8 Å². The Morgan fingerprint density at radius 2 is 2.05 bits per heavy atom. The highest BCUT2D eigenvalue weighted by atomic mass is 16.2. The Morgan fingerprint density at radius 3 is 2.71 bits per heavy atom. The Labute approximate surface area is 125 Å². The van der Waals surface area contributed by atoms with Crippen molar-refractivity contribution in [1.82, 2.24) is 0 Å². The van der Waals surface area contributed by atoms with Crippen LogP contribution in [-0.2, 0) is 16.0 Å². The van der Waals surface area contributed by atoms with Gasteiger partial charge < -0.3 is 5.32 Å². The van der Waals surface area contributed by atoms with E-state index in [2.05, 4.69) is 5.32 Å². The Balaban J connectivity index is 1.97. The molecule has 0 aromatic heterocycles. The van der Waals surface area contributed by atoms with Crippen molar-refractivity contribution >= 4 is 23.2 Å². The Bertz CT molecular complexity index is 609. The number of imide groups is 1. The molecular formula is C17H22N2O2. The highest BCUT2D eigenvalue weighted by molar-refractivity contribution is 6.22. The molecule has 0 saturated carbocycles. The lowest BCUT2D eigenvalue weighted by Crippen LogP contribution is -2.37. The van der Waals surface area contributed by atoms with Gasteiger partial charge in [-0.2, -0.15) is 0 Å². The lowest BCUT2D eigenvalue weighted by Gasteiger charge is -2.26. The fourth-order valence-electron chi connectivity index (χ4n) is 3.14. The highest BCUT2D eigenvalue weighted by Gasteiger charge is 2.50. The smallest absolute Gasteiger partial charge is 0.240 e. The monoisotopic (exact) mass is 286 g/mol. The molecule has 1 N–H and O–H groups in total. The number of fused-ring (bicyclic) bond motifs is 1. The lowest BCUT2D eigenvalue weighted by molar-refractivity contribution is -0.126. The summed E-state index contributed by atoms with van der Waals surface area (Å²) in [6, 6.07) is 5.87. The molecule has 21 heavy (non-hydrogen) atoms. The second kappa shape index (κ2) is 4.86. The van der Waals surface area contributed by atoms with E-state index in [4.69, 9.17) is 0 Å². The van der Waals surface area contributed by atoms with Crippen LogP contribution in [0.4, 0.5) is 11.4 Å². The molecule has 2 aliphatic rings. The number of nitrogens with one attached hydrogen (secondary N) is 1. The van der Waals surface area contributed by atoms with Gasteiger partial charge in [0.1, 0.15) is 0 Å². The van der Waals surface area contributed by atoms with E-state index in [0.717, 1.165) is 25.1 Å². The van der Waals surface area contributed by atoms with E-state index < -0.39 is 5.41 Å². The minimum absolute atomic E-state index is 0.0711. The molecular weight excluding hydrogens is 264 g/mol. The van der Waals surface area contributed by atoms with E-state index in [1.54, 1.807) is 0 Å². The summed E-state index contributed by atoms with van der Waals surface area (Å²) in [5.41, 5.74) is 2.43. The van der Waals surface area contributed by atoms with Crippen molar-refractivity contribution in [2.75, 3.05) is 16.8 Å². The summed E-state index contributed by atoms with van der Waals surface area (Å²) in [6.07, 6.45) is 2.47. The number of hydrogen-bond donors (Lipinski definition) is 1. The predicted molar refractivity (Wildman–Crippen MR) is 83.3 cm³/mol. The summed E-state index contributed by atoms with van der Waals surface area (Å²) in [4.78, 5) is 26.5. The maximum absolute atomic E-state index is 12.7. The largest absolute Gasteiger partial charge is 0.385 e. The van der Waals surface area contributed by atoms with Crippen LogP contribution in [0.2, 0.25) is 0 Å². The molecule has 1 fully saturated rings. The molecule has 4 nitrogen and oxygen atoms in total. The van der Waals surface area contributed by atoms with Crippen LogP contribution in [0.3, 0.4) is 0 Å². The third-order valence-electron chi connectivity index (χ3n) is 5.02. The Hall–Kier alpha value is -1.84. The van der Waals surface area contributed by atoms with Crippen LogP contribution in [-0.4, -0.2) is 18.4 Å². The number of anilines is 2. The second-order valence-corrected chi connectivity index (χ2v) is 6.66. The van der Waals surface area contributed by atoms with Crippen LogP contribution in [0.5, 0.6) is 0 Å². The fraction of sp³-hybridized carbons (Fsp3) is 0.529. The van der Waals surface area contributed by atoms with Crippen LogP contribution in [0.25, 0.3) is 0 Å². The number of rotatable bonds is 2. The number of hydrogen-bond acceptors (Lipinski definition) is 3. The molecule has 3 rings (SSSR count). The maximum atomic E-state index is 12.7. The number of carbonyl (C=O) groups excluding carboxylic acids is 2. The van der Waals surface area contributed by atoms with Gasteiger partial charge >= 0.3 is 0 Å². The molecule has 2 amide bonds. The fourth-order valence-corrected chi connectivity index (χ4v) is 3.14. The first-order chi connectivity index (χ1) is 9.93. The molecule has 112 valence electrons. The van der Waals surface area contributed by atoms with E-state index >= 15 is 0 Å². The van der Waals surface area contributed by atoms with E-state index in [0.29, 0.717) is 12.1 Å². The zero-order valence-corrected chi connectivity index (χ0v) is 12.9. The summed E-state index contributed by atoms with van der Waals surface area (Å²) in [5.74, 6) is -0.0140. The molecule has 0 bridgehead atoms. The number of nitrogens with zero attached hydrogens (tertiary/aromatic N) is 1. The van der Waals surface area contributed by atoms with Crippen molar-refractivity contribution in [3.8, 4) is 0 Å². The van der Waals surface area contributed by atoms with Crippen LogP contribution < -0.4 is 10.2 Å². The zero-order valence-electron chi connectivity index (χ0n) is 12.9. The van der Waals surface area contributed by atoms with Crippen molar-refractivity contribution in [3.63, 3.8) is 0 Å². The molecule has 1 atom stereocenters. The summed E-state index contributed by atoms with van der Waals surface area (Å²) in [6.45, 7) is 6.85. The highest BCUT2D eigenvalue weighted by Crippen LogP contribution is 2.42. The van der Waals surface area contributed by atoms with Gasteiger partial charge in [0.2, 0.25) is 11.8 Å². The normalized spacial score (nSPS) is 25.2. The third kappa shape index (κ3) is 2.13. The first-order valence-corrected chi connectivity index (χ1v) is 7.67. The zero-order chi connectivity index (χ0) is 15.2. The number of aryl methyl sites for hydroxylation is 1. The van der Waals surface area contributed by atoms with Crippen molar-refractivity contribution < 1.29 is 9.59 Å². The SMILES string of the molecule is CC(C)C1(C)CC(=O)N(c2ccc3c(c2)NCCC3)C1=O. The second-order valence-electron chi connectivity index (χ2n) is 6.66. The van der Waals surface area contributed by atoms with Gasteiger partial charge in [0.15, 0.2) is 0 Å². The third-order valence-corrected chi connectivity index (χ3v) is 5.02. The van der Waals surface area contributed by atoms with Gasteiger partial charge in [-0.05, 0) is 43.4 Å². The summed E-state index contributed by atoms with van der Waals surface area (Å²) < 4.78 is 0. The number of amides is 2. The quantitative estimate of drug-likeness (QED) is 0.850.